The summed E-state index contributed by atoms with van der Waals surface area (Å²) < 4.78 is 0. The molecule has 0 fully saturated rings. The highest BCUT2D eigenvalue weighted by atomic mass is 79.9. The van der Waals surface area contributed by atoms with Crippen molar-refractivity contribution < 1.29 is 14.6 Å². The first-order valence-electron chi connectivity index (χ1n) is 1.63. The molecule has 7 heavy (non-hydrogen) atoms. The topological polar surface area (TPSA) is 35.5 Å². The van der Waals surface area contributed by atoms with Gasteiger partial charge >= 0.3 is 6.47 Å². The molecule has 0 saturated heterocycles. The van der Waals surface area contributed by atoms with Crippen LogP contribution in [0.2, 0.25) is 0 Å². The number of rotatable bonds is 4. The van der Waals surface area contributed by atoms with Crippen LogP contribution in [0.4, 0.5) is 0 Å². The zero-order valence-corrected chi connectivity index (χ0v) is 5.10. The van der Waals surface area contributed by atoms with Gasteiger partial charge in [0.2, 0.25) is 0 Å². The van der Waals surface area contributed by atoms with Crippen molar-refractivity contribution in [3.05, 3.63) is 0 Å². The minimum atomic E-state index is 0.356. The Kier molecular flexibility index (Phi) is 5.83. The molecule has 0 aliphatic carbocycles. The molecule has 0 aliphatic rings. The Labute approximate surface area is 49.7 Å². The summed E-state index contributed by atoms with van der Waals surface area (Å²) in [4.78, 5) is 17.1. The number of halogens is 1. The van der Waals surface area contributed by atoms with Crippen molar-refractivity contribution in [3.8, 4) is 0 Å². The number of hydrogen-bond donors (Lipinski definition) is 0. The summed E-state index contributed by atoms with van der Waals surface area (Å²) in [7, 11) is 0. The monoisotopic (exact) mass is 167 g/mol. The number of hydrogen-bond acceptors (Lipinski definition) is 3. The molecule has 0 aromatic carbocycles. The van der Waals surface area contributed by atoms with Gasteiger partial charge in [-0.15, -0.1) is 0 Å². The first kappa shape index (κ1) is 6.91. The normalized spacial score (nSPS) is 8.14. The van der Waals surface area contributed by atoms with Crippen LogP contribution in [0.25, 0.3) is 0 Å². The molecule has 0 saturated carbocycles. The molecule has 3 nitrogen and oxygen atoms in total. The van der Waals surface area contributed by atoms with E-state index >= 15 is 0 Å². The molecular formula is C3H4BrO3. The zero-order chi connectivity index (χ0) is 5.54. The number of alkyl halides is 1. The average molecular weight is 168 g/mol. The van der Waals surface area contributed by atoms with E-state index in [0.29, 0.717) is 11.9 Å². The SMILES string of the molecule is O=[C]OOCCBr. The Hall–Kier alpha value is -0.0900. The molecule has 0 amide bonds. The maximum Gasteiger partial charge on any atom is 0.453 e. The van der Waals surface area contributed by atoms with E-state index in [9.17, 15) is 4.79 Å². The first-order valence-corrected chi connectivity index (χ1v) is 2.75. The molecule has 41 valence electrons. The Balaban J connectivity index is 2.56. The van der Waals surface area contributed by atoms with E-state index in [1.54, 1.807) is 0 Å². The smallest absolute Gasteiger partial charge is 0.285 e. The summed E-state index contributed by atoms with van der Waals surface area (Å²) in [5.74, 6) is 0. The minimum absolute atomic E-state index is 0.356. The molecule has 0 heterocycles. The third-order valence-electron chi connectivity index (χ3n) is 0.253. The fourth-order valence-corrected chi connectivity index (χ4v) is 0.229. The molecule has 0 aromatic rings. The summed E-state index contributed by atoms with van der Waals surface area (Å²) in [5.41, 5.74) is 0. The maximum atomic E-state index is 9.19. The van der Waals surface area contributed by atoms with Gasteiger partial charge in [0.05, 0.1) is 0 Å². The van der Waals surface area contributed by atoms with Crippen molar-refractivity contribution in [1.82, 2.24) is 0 Å². The lowest BCUT2D eigenvalue weighted by Crippen LogP contribution is -1.94. The van der Waals surface area contributed by atoms with Gasteiger partial charge in [-0.25, -0.2) is 4.79 Å². The van der Waals surface area contributed by atoms with Crippen molar-refractivity contribution in [2.45, 2.75) is 0 Å². The lowest BCUT2D eigenvalue weighted by Gasteiger charge is -1.88. The van der Waals surface area contributed by atoms with E-state index in [2.05, 4.69) is 25.7 Å². The third-order valence-corrected chi connectivity index (χ3v) is 0.577. The highest BCUT2D eigenvalue weighted by Gasteiger charge is 1.80. The Bertz CT molecular complexity index is 47.4. The van der Waals surface area contributed by atoms with Gasteiger partial charge in [0.15, 0.2) is 0 Å². The van der Waals surface area contributed by atoms with Crippen LogP contribution >= 0.6 is 15.9 Å². The summed E-state index contributed by atoms with van der Waals surface area (Å²) in [6.07, 6.45) is 0. The highest BCUT2D eigenvalue weighted by molar-refractivity contribution is 9.09. The van der Waals surface area contributed by atoms with Crippen LogP contribution in [-0.4, -0.2) is 18.4 Å². The van der Waals surface area contributed by atoms with Crippen LogP contribution in [0, 0.1) is 0 Å². The van der Waals surface area contributed by atoms with Crippen LogP contribution in [0.15, 0.2) is 0 Å². The van der Waals surface area contributed by atoms with E-state index in [0.717, 1.165) is 6.47 Å². The lowest BCUT2D eigenvalue weighted by molar-refractivity contribution is -0.216. The van der Waals surface area contributed by atoms with E-state index in [-0.39, 0.29) is 0 Å². The van der Waals surface area contributed by atoms with Crippen LogP contribution in [-0.2, 0) is 14.6 Å². The second-order valence-corrected chi connectivity index (χ2v) is 1.47. The van der Waals surface area contributed by atoms with Crippen molar-refractivity contribution in [2.24, 2.45) is 0 Å². The van der Waals surface area contributed by atoms with Crippen molar-refractivity contribution in [1.29, 1.82) is 0 Å². The minimum Gasteiger partial charge on any atom is -0.285 e. The van der Waals surface area contributed by atoms with Gasteiger partial charge in [0.25, 0.3) is 0 Å². The van der Waals surface area contributed by atoms with E-state index in [1.807, 2.05) is 0 Å². The third kappa shape index (κ3) is 5.91. The second-order valence-electron chi connectivity index (χ2n) is 0.678. The predicted octanol–water partition coefficient (Wildman–Crippen LogP) is 0.397. The van der Waals surface area contributed by atoms with Crippen molar-refractivity contribution >= 4 is 22.4 Å². The molecule has 0 N–H and O–H groups in total. The van der Waals surface area contributed by atoms with Gasteiger partial charge < -0.3 is 0 Å². The largest absolute Gasteiger partial charge is 0.453 e. The molecular weight excluding hydrogens is 164 g/mol. The van der Waals surface area contributed by atoms with Gasteiger partial charge in [-0.05, 0) is 0 Å². The highest BCUT2D eigenvalue weighted by Crippen LogP contribution is 1.79. The van der Waals surface area contributed by atoms with E-state index in [4.69, 9.17) is 0 Å². The Morgan fingerprint density at radius 3 is 2.86 bits per heavy atom. The van der Waals surface area contributed by atoms with Gasteiger partial charge in [-0.3, -0.25) is 4.89 Å². The lowest BCUT2D eigenvalue weighted by atomic mass is 10.9. The molecule has 0 unspecified atom stereocenters. The van der Waals surface area contributed by atoms with Crippen LogP contribution in [0.5, 0.6) is 0 Å². The van der Waals surface area contributed by atoms with Crippen molar-refractivity contribution in [3.63, 3.8) is 0 Å². The van der Waals surface area contributed by atoms with Crippen LogP contribution in [0.3, 0.4) is 0 Å². The Morgan fingerprint density at radius 1 is 1.71 bits per heavy atom. The molecule has 0 bridgehead atoms. The van der Waals surface area contributed by atoms with Crippen LogP contribution < -0.4 is 0 Å². The fourth-order valence-electron chi connectivity index (χ4n) is 0.0972. The molecule has 1 radical (unpaired) electrons. The molecule has 0 spiro atoms. The standard InChI is InChI=1S/C3H4BrO3/c4-1-2-6-7-3-5/h1-2H2. The van der Waals surface area contributed by atoms with Gasteiger partial charge in [0.1, 0.15) is 6.61 Å². The van der Waals surface area contributed by atoms with Gasteiger partial charge in [-0.2, -0.15) is 4.89 Å². The molecule has 4 heteroatoms. The fraction of sp³-hybridized carbons (Fsp3) is 0.667. The number of carbonyl (C=O) groups excluding carboxylic acids is 1. The molecule has 0 atom stereocenters. The molecule has 0 aliphatic heterocycles. The zero-order valence-electron chi connectivity index (χ0n) is 3.52. The Morgan fingerprint density at radius 2 is 2.43 bits per heavy atom. The summed E-state index contributed by atoms with van der Waals surface area (Å²) >= 11 is 3.04. The maximum absolute atomic E-state index is 9.19. The predicted molar refractivity (Wildman–Crippen MR) is 26.5 cm³/mol. The van der Waals surface area contributed by atoms with E-state index < -0.39 is 0 Å². The van der Waals surface area contributed by atoms with Crippen LogP contribution in [0.1, 0.15) is 0 Å². The summed E-state index contributed by atoms with van der Waals surface area (Å²) in [6, 6.07) is 0. The van der Waals surface area contributed by atoms with Gasteiger partial charge in [0, 0.05) is 5.33 Å². The average Bonchev–Trinajstić information content (AvgIpc) is 1.69. The summed E-state index contributed by atoms with van der Waals surface area (Å²) in [5, 5.41) is 0.648. The second kappa shape index (κ2) is 5.91. The molecule has 0 aromatic heterocycles. The quantitative estimate of drug-likeness (QED) is 0.263. The van der Waals surface area contributed by atoms with Crippen molar-refractivity contribution in [2.75, 3.05) is 11.9 Å². The molecule has 0 rings (SSSR count). The summed E-state index contributed by atoms with van der Waals surface area (Å²) in [6.45, 7) is 1.47. The van der Waals surface area contributed by atoms with E-state index in [1.165, 1.54) is 0 Å². The van der Waals surface area contributed by atoms with Gasteiger partial charge in [-0.1, -0.05) is 15.9 Å². The first-order chi connectivity index (χ1) is 3.41.